The molecule has 0 aromatic rings. The molecule has 0 amide bonds. The van der Waals surface area contributed by atoms with Gasteiger partial charge >= 0.3 is 0 Å². The highest BCUT2D eigenvalue weighted by Crippen LogP contribution is 2.41. The van der Waals surface area contributed by atoms with Gasteiger partial charge in [-0.1, -0.05) is 0 Å². The van der Waals surface area contributed by atoms with Crippen molar-refractivity contribution in [1.82, 2.24) is 0 Å². The number of hydrogen-bond donors (Lipinski definition) is 2. The van der Waals surface area contributed by atoms with Crippen molar-refractivity contribution in [2.45, 2.75) is 51.4 Å². The molecule has 0 aliphatic heterocycles. The Hall–Kier alpha value is -0.0800. The lowest BCUT2D eigenvalue weighted by atomic mass is 9.69. The van der Waals surface area contributed by atoms with Crippen molar-refractivity contribution in [2.24, 2.45) is 23.7 Å². The molecule has 16 heavy (non-hydrogen) atoms. The first-order chi connectivity index (χ1) is 7.83. The van der Waals surface area contributed by atoms with Crippen molar-refractivity contribution in [3.63, 3.8) is 0 Å². The van der Waals surface area contributed by atoms with Gasteiger partial charge in [0.1, 0.15) is 0 Å². The van der Waals surface area contributed by atoms with Gasteiger partial charge in [0.25, 0.3) is 0 Å². The predicted molar refractivity (Wildman–Crippen MR) is 65.1 cm³/mol. The molecule has 0 atom stereocenters. The Bertz CT molecular complexity index is 167. The zero-order chi connectivity index (χ0) is 11.4. The molecule has 0 heterocycles. The Labute approximate surface area is 99.1 Å². The minimum absolute atomic E-state index is 0.393. The van der Waals surface area contributed by atoms with Crippen LogP contribution in [0.1, 0.15) is 51.4 Å². The topological polar surface area (TPSA) is 40.5 Å². The van der Waals surface area contributed by atoms with Crippen LogP contribution in [0, 0.1) is 23.7 Å². The first kappa shape index (κ1) is 12.4. The highest BCUT2D eigenvalue weighted by atomic mass is 16.3. The third-order valence-corrected chi connectivity index (χ3v) is 4.97. The van der Waals surface area contributed by atoms with Crippen LogP contribution in [0.25, 0.3) is 0 Å². The van der Waals surface area contributed by atoms with Gasteiger partial charge in [-0.3, -0.25) is 0 Å². The molecule has 2 aliphatic carbocycles. The second-order valence-electron chi connectivity index (χ2n) is 5.93. The van der Waals surface area contributed by atoms with Gasteiger partial charge in [-0.2, -0.15) is 0 Å². The first-order valence-electron chi connectivity index (χ1n) is 7.05. The van der Waals surface area contributed by atoms with E-state index in [-0.39, 0.29) is 0 Å². The Balaban J connectivity index is 1.73. The zero-order valence-electron chi connectivity index (χ0n) is 10.3. The summed E-state index contributed by atoms with van der Waals surface area (Å²) in [5, 5.41) is 18.3. The highest BCUT2D eigenvalue weighted by molar-refractivity contribution is 4.81. The van der Waals surface area contributed by atoms with Gasteiger partial charge in [0.05, 0.1) is 0 Å². The van der Waals surface area contributed by atoms with E-state index in [4.69, 9.17) is 10.2 Å². The van der Waals surface area contributed by atoms with Crippen LogP contribution in [0.15, 0.2) is 0 Å². The van der Waals surface area contributed by atoms with E-state index in [0.29, 0.717) is 25.0 Å². The van der Waals surface area contributed by atoms with E-state index in [1.165, 1.54) is 51.4 Å². The molecule has 2 rings (SSSR count). The van der Waals surface area contributed by atoms with E-state index in [9.17, 15) is 0 Å². The van der Waals surface area contributed by atoms with E-state index < -0.39 is 0 Å². The van der Waals surface area contributed by atoms with Crippen molar-refractivity contribution in [1.29, 1.82) is 0 Å². The molecule has 0 spiro atoms. The lowest BCUT2D eigenvalue weighted by Gasteiger charge is -2.37. The SMILES string of the molecule is OC[C@H]1CC[C@H]([C@H]2CC[C@H](CO)CC2)CC1. The van der Waals surface area contributed by atoms with Crippen LogP contribution >= 0.6 is 0 Å². The molecule has 94 valence electrons. The molecular formula is C14H26O2. The third-order valence-electron chi connectivity index (χ3n) is 4.97. The smallest absolute Gasteiger partial charge is 0.0459 e. The van der Waals surface area contributed by atoms with E-state index in [1.54, 1.807) is 0 Å². The van der Waals surface area contributed by atoms with Crippen molar-refractivity contribution in [3.8, 4) is 0 Å². The molecule has 0 radical (unpaired) electrons. The molecule has 0 aromatic heterocycles. The predicted octanol–water partition coefficient (Wildman–Crippen LogP) is 2.58. The summed E-state index contributed by atoms with van der Waals surface area (Å²) in [6, 6.07) is 0. The summed E-state index contributed by atoms with van der Waals surface area (Å²) in [7, 11) is 0. The average Bonchev–Trinajstić information content (AvgIpc) is 2.39. The summed E-state index contributed by atoms with van der Waals surface area (Å²) in [5.41, 5.74) is 0. The Kier molecular flexibility index (Phi) is 4.66. The van der Waals surface area contributed by atoms with Crippen LogP contribution in [0.4, 0.5) is 0 Å². The molecule has 0 unspecified atom stereocenters. The molecule has 0 bridgehead atoms. The lowest BCUT2D eigenvalue weighted by Crippen LogP contribution is -2.27. The summed E-state index contributed by atoms with van der Waals surface area (Å²) < 4.78 is 0. The maximum atomic E-state index is 9.13. The number of aliphatic hydroxyl groups is 2. The van der Waals surface area contributed by atoms with Crippen molar-refractivity contribution < 1.29 is 10.2 Å². The lowest BCUT2D eigenvalue weighted by molar-refractivity contribution is 0.101. The highest BCUT2D eigenvalue weighted by Gasteiger charge is 2.30. The molecule has 2 heteroatoms. The van der Waals surface area contributed by atoms with Gasteiger partial charge in [0.2, 0.25) is 0 Å². The molecular weight excluding hydrogens is 200 g/mol. The molecule has 0 aromatic carbocycles. The maximum absolute atomic E-state index is 9.13. The summed E-state index contributed by atoms with van der Waals surface area (Å²) in [6.07, 6.45) is 10.3. The van der Waals surface area contributed by atoms with Gasteiger partial charge < -0.3 is 10.2 Å². The minimum Gasteiger partial charge on any atom is -0.396 e. The fourth-order valence-corrected chi connectivity index (χ4v) is 3.68. The molecule has 2 aliphatic rings. The second kappa shape index (κ2) is 6.02. The van der Waals surface area contributed by atoms with E-state index in [1.807, 2.05) is 0 Å². The van der Waals surface area contributed by atoms with Crippen LogP contribution < -0.4 is 0 Å². The normalized spacial score (nSPS) is 40.9. The van der Waals surface area contributed by atoms with E-state index >= 15 is 0 Å². The standard InChI is InChI=1S/C14H26O2/c15-9-11-1-5-13(6-2-11)14-7-3-12(10-16)4-8-14/h11-16H,1-10H2/t11-,12-,13-,14-. The van der Waals surface area contributed by atoms with Gasteiger partial charge in [0.15, 0.2) is 0 Å². The molecule has 2 saturated carbocycles. The summed E-state index contributed by atoms with van der Waals surface area (Å²) in [5.74, 6) is 3.01. The molecule has 2 nitrogen and oxygen atoms in total. The second-order valence-corrected chi connectivity index (χ2v) is 5.93. The third kappa shape index (κ3) is 2.98. The maximum Gasteiger partial charge on any atom is 0.0459 e. The summed E-state index contributed by atoms with van der Waals surface area (Å²) in [4.78, 5) is 0. The van der Waals surface area contributed by atoms with Crippen molar-refractivity contribution in [3.05, 3.63) is 0 Å². The summed E-state index contributed by atoms with van der Waals surface area (Å²) >= 11 is 0. The van der Waals surface area contributed by atoms with E-state index in [2.05, 4.69) is 0 Å². The van der Waals surface area contributed by atoms with Gasteiger partial charge in [0, 0.05) is 13.2 Å². The van der Waals surface area contributed by atoms with Crippen LogP contribution in [0.3, 0.4) is 0 Å². The molecule has 0 saturated heterocycles. The molecule has 2 fully saturated rings. The zero-order valence-corrected chi connectivity index (χ0v) is 10.3. The molecule has 2 N–H and O–H groups in total. The minimum atomic E-state index is 0.393. The largest absolute Gasteiger partial charge is 0.396 e. The Morgan fingerprint density at radius 3 is 1.12 bits per heavy atom. The monoisotopic (exact) mass is 226 g/mol. The number of hydrogen-bond acceptors (Lipinski definition) is 2. The van der Waals surface area contributed by atoms with Crippen LogP contribution in [0.5, 0.6) is 0 Å². The van der Waals surface area contributed by atoms with Gasteiger partial charge in [-0.05, 0) is 75.0 Å². The number of rotatable bonds is 3. The van der Waals surface area contributed by atoms with Crippen molar-refractivity contribution in [2.75, 3.05) is 13.2 Å². The fourth-order valence-electron chi connectivity index (χ4n) is 3.68. The summed E-state index contributed by atoms with van der Waals surface area (Å²) in [6.45, 7) is 0.786. The number of aliphatic hydroxyl groups excluding tert-OH is 2. The average molecular weight is 226 g/mol. The van der Waals surface area contributed by atoms with Crippen LogP contribution in [-0.2, 0) is 0 Å². The van der Waals surface area contributed by atoms with Gasteiger partial charge in [-0.15, -0.1) is 0 Å². The quantitative estimate of drug-likeness (QED) is 0.776. The first-order valence-corrected chi connectivity index (χ1v) is 7.05. The van der Waals surface area contributed by atoms with Crippen molar-refractivity contribution >= 4 is 0 Å². The van der Waals surface area contributed by atoms with Crippen LogP contribution in [0.2, 0.25) is 0 Å². The van der Waals surface area contributed by atoms with Gasteiger partial charge in [-0.25, -0.2) is 0 Å². The Morgan fingerprint density at radius 1 is 0.562 bits per heavy atom. The van der Waals surface area contributed by atoms with Crippen LogP contribution in [-0.4, -0.2) is 23.4 Å². The Morgan fingerprint density at radius 2 is 0.875 bits per heavy atom. The fraction of sp³-hybridized carbons (Fsp3) is 1.00. The van der Waals surface area contributed by atoms with E-state index in [0.717, 1.165) is 11.8 Å².